The van der Waals surface area contributed by atoms with Crippen molar-refractivity contribution in [2.45, 2.75) is 38.5 Å². The van der Waals surface area contributed by atoms with Crippen molar-refractivity contribution < 1.29 is 13.5 Å². The number of nitrogens with one attached hydrogen (secondary N) is 1. The number of aliphatic hydroxyl groups excluding tert-OH is 1. The molecule has 1 aliphatic heterocycles. The molecule has 0 spiro atoms. The molecule has 0 aromatic carbocycles. The molecule has 0 amide bonds. The number of hydrogen-bond donors (Lipinski definition) is 2. The van der Waals surface area contributed by atoms with Crippen LogP contribution < -0.4 is 4.72 Å². The second-order valence-corrected chi connectivity index (χ2v) is 8.51. The second-order valence-electron chi connectivity index (χ2n) is 5.75. The summed E-state index contributed by atoms with van der Waals surface area (Å²) in [5, 5.41) is 9.70. The monoisotopic (exact) mass is 331 g/mol. The molecule has 6 nitrogen and oxygen atoms in total. The lowest BCUT2D eigenvalue weighted by atomic mass is 10.0. The molecule has 0 saturated carbocycles. The lowest BCUT2D eigenvalue weighted by molar-refractivity contribution is 0.166. The third-order valence-electron chi connectivity index (χ3n) is 4.14. The van der Waals surface area contributed by atoms with Crippen molar-refractivity contribution in [2.24, 2.45) is 5.92 Å². The topological polar surface area (TPSA) is 82.5 Å². The molecule has 0 bridgehead atoms. The third kappa shape index (κ3) is 3.39. The van der Waals surface area contributed by atoms with Gasteiger partial charge in [-0.25, -0.2) is 9.71 Å². The van der Waals surface area contributed by atoms with Gasteiger partial charge in [0.25, 0.3) is 0 Å². The molecule has 2 heterocycles. The number of aliphatic hydroxyl groups is 1. The fourth-order valence-electron chi connectivity index (χ4n) is 2.96. The normalized spacial score (nSPS) is 23.8. The Kier molecular flexibility index (Phi) is 4.49. The number of anilines is 1. The lowest BCUT2D eigenvalue weighted by Gasteiger charge is -2.30. The van der Waals surface area contributed by atoms with Gasteiger partial charge in [-0.3, -0.25) is 0 Å². The van der Waals surface area contributed by atoms with Crippen LogP contribution in [0.5, 0.6) is 0 Å². The standard InChI is InChI=1S/C13H21N3O3S2/c17-9-10-4-3-7-16(8-10)21(18,19)15-13-14-11-5-1-2-6-12(11)20-13/h10,17H,1-9H2,(H,14,15). The van der Waals surface area contributed by atoms with Crippen LogP contribution in [0.25, 0.3) is 0 Å². The first kappa shape index (κ1) is 15.2. The smallest absolute Gasteiger partial charge is 0.303 e. The van der Waals surface area contributed by atoms with E-state index in [0.717, 1.165) is 44.2 Å². The molecule has 118 valence electrons. The van der Waals surface area contributed by atoms with E-state index in [9.17, 15) is 13.5 Å². The Hall–Kier alpha value is -0.700. The summed E-state index contributed by atoms with van der Waals surface area (Å²) < 4.78 is 28.9. The van der Waals surface area contributed by atoms with Crippen LogP contribution in [0.2, 0.25) is 0 Å². The van der Waals surface area contributed by atoms with E-state index >= 15 is 0 Å². The van der Waals surface area contributed by atoms with E-state index in [0.29, 0.717) is 18.2 Å². The summed E-state index contributed by atoms with van der Waals surface area (Å²) in [7, 11) is -3.56. The van der Waals surface area contributed by atoms with E-state index in [1.54, 1.807) is 0 Å². The van der Waals surface area contributed by atoms with Crippen LogP contribution in [-0.2, 0) is 23.1 Å². The molecule has 0 radical (unpaired) electrons. The first-order valence-electron chi connectivity index (χ1n) is 7.46. The predicted octanol–water partition coefficient (Wildman–Crippen LogP) is 1.38. The number of nitrogens with zero attached hydrogens (tertiary/aromatic N) is 2. The molecule has 8 heteroatoms. The van der Waals surface area contributed by atoms with Crippen molar-refractivity contribution in [3.05, 3.63) is 10.6 Å². The zero-order chi connectivity index (χ0) is 14.9. The average Bonchev–Trinajstić information content (AvgIpc) is 2.88. The molecule has 1 unspecified atom stereocenters. The van der Waals surface area contributed by atoms with Gasteiger partial charge in [-0.05, 0) is 44.4 Å². The molecule has 2 aliphatic rings. The Labute approximate surface area is 129 Å². The molecule has 1 fully saturated rings. The van der Waals surface area contributed by atoms with Gasteiger partial charge in [-0.15, -0.1) is 11.3 Å². The Balaban J connectivity index is 1.72. The van der Waals surface area contributed by atoms with Gasteiger partial charge in [-0.2, -0.15) is 12.7 Å². The molecule has 1 saturated heterocycles. The summed E-state index contributed by atoms with van der Waals surface area (Å²) in [5.41, 5.74) is 1.05. The third-order valence-corrected chi connectivity index (χ3v) is 6.81. The van der Waals surface area contributed by atoms with Crippen LogP contribution in [-0.4, -0.2) is 42.5 Å². The van der Waals surface area contributed by atoms with Crippen molar-refractivity contribution >= 4 is 26.7 Å². The minimum Gasteiger partial charge on any atom is -0.396 e. The fourth-order valence-corrected chi connectivity index (χ4v) is 5.52. The van der Waals surface area contributed by atoms with E-state index in [-0.39, 0.29) is 12.5 Å². The highest BCUT2D eigenvalue weighted by molar-refractivity contribution is 7.90. The Bertz CT molecular complexity index is 576. The number of rotatable bonds is 4. The fraction of sp³-hybridized carbons (Fsp3) is 0.769. The number of aryl methyl sites for hydroxylation is 2. The van der Waals surface area contributed by atoms with Crippen LogP contribution in [0.3, 0.4) is 0 Å². The van der Waals surface area contributed by atoms with Crippen LogP contribution in [0.15, 0.2) is 0 Å². The van der Waals surface area contributed by atoms with Crippen molar-refractivity contribution in [1.29, 1.82) is 0 Å². The summed E-state index contributed by atoms with van der Waals surface area (Å²) >= 11 is 1.46. The highest BCUT2D eigenvalue weighted by Gasteiger charge is 2.29. The number of aromatic nitrogens is 1. The molecular formula is C13H21N3O3S2. The van der Waals surface area contributed by atoms with Gasteiger partial charge in [0.2, 0.25) is 0 Å². The van der Waals surface area contributed by atoms with Gasteiger partial charge >= 0.3 is 10.2 Å². The quantitative estimate of drug-likeness (QED) is 0.873. The lowest BCUT2D eigenvalue weighted by Crippen LogP contribution is -2.43. The van der Waals surface area contributed by atoms with E-state index in [4.69, 9.17) is 0 Å². The summed E-state index contributed by atoms with van der Waals surface area (Å²) in [6.45, 7) is 0.936. The summed E-state index contributed by atoms with van der Waals surface area (Å²) in [5.74, 6) is 0.0415. The average molecular weight is 331 g/mol. The molecule has 1 aromatic rings. The minimum absolute atomic E-state index is 0.0393. The van der Waals surface area contributed by atoms with Gasteiger partial charge in [-0.1, -0.05) is 0 Å². The largest absolute Gasteiger partial charge is 0.396 e. The molecule has 1 aromatic heterocycles. The Morgan fingerprint density at radius 2 is 2.14 bits per heavy atom. The van der Waals surface area contributed by atoms with Gasteiger partial charge < -0.3 is 5.11 Å². The maximum atomic E-state index is 12.4. The zero-order valence-electron chi connectivity index (χ0n) is 11.9. The predicted molar refractivity (Wildman–Crippen MR) is 82.7 cm³/mol. The van der Waals surface area contributed by atoms with Crippen molar-refractivity contribution in [3.8, 4) is 0 Å². The maximum Gasteiger partial charge on any atom is 0.303 e. The van der Waals surface area contributed by atoms with E-state index in [1.165, 1.54) is 20.5 Å². The first-order chi connectivity index (χ1) is 10.1. The molecule has 3 rings (SSSR count). The van der Waals surface area contributed by atoms with E-state index in [2.05, 4.69) is 9.71 Å². The number of fused-ring (bicyclic) bond motifs is 1. The number of hydrogen-bond acceptors (Lipinski definition) is 5. The van der Waals surface area contributed by atoms with Crippen LogP contribution >= 0.6 is 11.3 Å². The van der Waals surface area contributed by atoms with Crippen molar-refractivity contribution in [1.82, 2.24) is 9.29 Å². The van der Waals surface area contributed by atoms with Gasteiger partial charge in [0.15, 0.2) is 5.13 Å². The zero-order valence-corrected chi connectivity index (χ0v) is 13.5. The summed E-state index contributed by atoms with van der Waals surface area (Å²) in [6, 6.07) is 0. The highest BCUT2D eigenvalue weighted by Crippen LogP contribution is 2.30. The minimum atomic E-state index is -3.56. The molecular weight excluding hydrogens is 310 g/mol. The van der Waals surface area contributed by atoms with Crippen LogP contribution in [0.4, 0.5) is 5.13 Å². The molecule has 2 N–H and O–H groups in total. The molecule has 1 atom stereocenters. The van der Waals surface area contributed by atoms with Crippen LogP contribution in [0, 0.1) is 5.92 Å². The van der Waals surface area contributed by atoms with E-state index < -0.39 is 10.2 Å². The maximum absolute atomic E-state index is 12.4. The number of piperidine rings is 1. The van der Waals surface area contributed by atoms with Gasteiger partial charge in [0.05, 0.1) is 5.69 Å². The highest BCUT2D eigenvalue weighted by atomic mass is 32.2. The number of thiazole rings is 1. The Morgan fingerprint density at radius 3 is 2.90 bits per heavy atom. The molecule has 21 heavy (non-hydrogen) atoms. The SMILES string of the molecule is O=S(=O)(Nc1nc2c(s1)CCCC2)N1CCCC(CO)C1. The van der Waals surface area contributed by atoms with Gasteiger partial charge in [0.1, 0.15) is 0 Å². The molecule has 1 aliphatic carbocycles. The Morgan fingerprint density at radius 1 is 1.33 bits per heavy atom. The van der Waals surface area contributed by atoms with Crippen molar-refractivity contribution in [2.75, 3.05) is 24.4 Å². The van der Waals surface area contributed by atoms with Gasteiger partial charge in [0, 0.05) is 24.6 Å². The first-order valence-corrected chi connectivity index (χ1v) is 9.71. The van der Waals surface area contributed by atoms with E-state index in [1.807, 2.05) is 0 Å². The summed E-state index contributed by atoms with van der Waals surface area (Å²) in [6.07, 6.45) is 5.92. The second kappa shape index (κ2) is 6.20. The summed E-state index contributed by atoms with van der Waals surface area (Å²) in [4.78, 5) is 5.64. The van der Waals surface area contributed by atoms with Crippen LogP contribution in [0.1, 0.15) is 36.3 Å². The van der Waals surface area contributed by atoms with Crippen molar-refractivity contribution in [3.63, 3.8) is 0 Å².